The maximum absolute atomic E-state index is 4.93. The highest BCUT2D eigenvalue weighted by Gasteiger charge is 2.03. The summed E-state index contributed by atoms with van der Waals surface area (Å²) in [6, 6.07) is 0. The van der Waals surface area contributed by atoms with Crippen molar-refractivity contribution < 1.29 is 0 Å². The number of nitrogens with one attached hydrogen (secondary N) is 1. The molecule has 0 amide bonds. The largest absolute Gasteiger partial charge is 0.347 e. The second-order valence-corrected chi connectivity index (χ2v) is 3.35. The SMILES string of the molecule is Cc1[nH]c(=S)cnc1C(C)C. The predicted octanol–water partition coefficient (Wildman–Crippen LogP) is 2.57. The van der Waals surface area contributed by atoms with E-state index in [1.54, 1.807) is 6.20 Å². The topological polar surface area (TPSA) is 28.7 Å². The van der Waals surface area contributed by atoms with Gasteiger partial charge in [0.1, 0.15) is 4.64 Å². The quantitative estimate of drug-likeness (QED) is 0.653. The minimum absolute atomic E-state index is 0.460. The molecule has 0 aromatic carbocycles. The van der Waals surface area contributed by atoms with Gasteiger partial charge in [-0.1, -0.05) is 26.1 Å². The molecular weight excluding hydrogens is 156 g/mol. The molecule has 0 bridgehead atoms. The molecule has 1 rings (SSSR count). The summed E-state index contributed by atoms with van der Waals surface area (Å²) in [6.07, 6.45) is 1.69. The molecule has 0 radical (unpaired) electrons. The van der Waals surface area contributed by atoms with E-state index < -0.39 is 0 Å². The Morgan fingerprint density at radius 2 is 2.18 bits per heavy atom. The number of aromatic nitrogens is 2. The van der Waals surface area contributed by atoms with Gasteiger partial charge in [-0.25, -0.2) is 0 Å². The predicted molar refractivity (Wildman–Crippen MR) is 48.2 cm³/mol. The van der Waals surface area contributed by atoms with Crippen molar-refractivity contribution in [2.24, 2.45) is 0 Å². The Bertz CT molecular complexity index is 301. The Hall–Kier alpha value is -0.700. The van der Waals surface area contributed by atoms with Crippen LogP contribution < -0.4 is 0 Å². The summed E-state index contributed by atoms with van der Waals surface area (Å²) in [7, 11) is 0. The number of hydrogen-bond acceptors (Lipinski definition) is 2. The van der Waals surface area contributed by atoms with E-state index in [1.807, 2.05) is 6.92 Å². The van der Waals surface area contributed by atoms with Crippen molar-refractivity contribution in [3.8, 4) is 0 Å². The van der Waals surface area contributed by atoms with Crippen molar-refractivity contribution in [3.05, 3.63) is 22.2 Å². The van der Waals surface area contributed by atoms with Gasteiger partial charge in [0.15, 0.2) is 0 Å². The van der Waals surface area contributed by atoms with Gasteiger partial charge in [0.05, 0.1) is 11.9 Å². The van der Waals surface area contributed by atoms with Crippen molar-refractivity contribution in [1.29, 1.82) is 0 Å². The number of hydrogen-bond donors (Lipinski definition) is 1. The molecule has 0 aliphatic rings. The number of nitrogens with zero attached hydrogens (tertiary/aromatic N) is 1. The summed E-state index contributed by atoms with van der Waals surface area (Å²) in [4.78, 5) is 7.31. The lowest BCUT2D eigenvalue weighted by Crippen LogP contribution is -1.98. The number of aromatic amines is 1. The molecule has 0 atom stereocenters. The maximum Gasteiger partial charge on any atom is 0.121 e. The summed E-state index contributed by atoms with van der Waals surface area (Å²) in [5.41, 5.74) is 2.17. The monoisotopic (exact) mass is 168 g/mol. The first-order valence-electron chi connectivity index (χ1n) is 3.67. The molecule has 0 unspecified atom stereocenters. The van der Waals surface area contributed by atoms with Crippen LogP contribution >= 0.6 is 12.2 Å². The zero-order valence-electron chi connectivity index (χ0n) is 7.01. The first kappa shape index (κ1) is 8.40. The Balaban J connectivity index is 3.20. The number of aryl methyl sites for hydroxylation is 1. The lowest BCUT2D eigenvalue weighted by Gasteiger charge is -2.06. The van der Waals surface area contributed by atoms with Crippen molar-refractivity contribution >= 4 is 12.2 Å². The maximum atomic E-state index is 4.93. The molecule has 60 valence electrons. The van der Waals surface area contributed by atoms with Crippen LogP contribution in [-0.2, 0) is 0 Å². The molecule has 3 heteroatoms. The highest BCUT2D eigenvalue weighted by Crippen LogP contribution is 2.12. The smallest absolute Gasteiger partial charge is 0.121 e. The first-order chi connectivity index (χ1) is 5.11. The second-order valence-electron chi connectivity index (χ2n) is 2.91. The van der Waals surface area contributed by atoms with Crippen LogP contribution in [0.15, 0.2) is 6.20 Å². The third kappa shape index (κ3) is 1.87. The minimum atomic E-state index is 0.460. The molecule has 1 aromatic rings. The van der Waals surface area contributed by atoms with Crippen molar-refractivity contribution in [2.75, 3.05) is 0 Å². The van der Waals surface area contributed by atoms with Crippen LogP contribution in [-0.4, -0.2) is 9.97 Å². The van der Waals surface area contributed by atoms with Crippen LogP contribution in [0.25, 0.3) is 0 Å². The molecule has 0 saturated heterocycles. The zero-order valence-corrected chi connectivity index (χ0v) is 7.83. The average molecular weight is 168 g/mol. The van der Waals surface area contributed by atoms with Crippen LogP contribution in [0.3, 0.4) is 0 Å². The number of rotatable bonds is 1. The summed E-state index contributed by atoms with van der Waals surface area (Å²) in [5.74, 6) is 0.460. The van der Waals surface area contributed by atoms with Crippen LogP contribution in [0.5, 0.6) is 0 Å². The lowest BCUT2D eigenvalue weighted by molar-refractivity contribution is 0.793. The van der Waals surface area contributed by atoms with Gasteiger partial charge < -0.3 is 4.98 Å². The van der Waals surface area contributed by atoms with Gasteiger partial charge in [-0.05, 0) is 12.8 Å². The molecule has 2 nitrogen and oxygen atoms in total. The normalized spacial score (nSPS) is 10.5. The molecule has 0 saturated carbocycles. The van der Waals surface area contributed by atoms with Crippen LogP contribution in [0.2, 0.25) is 0 Å². The Kier molecular flexibility index (Phi) is 2.39. The molecule has 1 N–H and O–H groups in total. The van der Waals surface area contributed by atoms with Crippen LogP contribution in [0.1, 0.15) is 31.2 Å². The molecule has 0 fully saturated rings. The lowest BCUT2D eigenvalue weighted by atomic mass is 10.1. The van der Waals surface area contributed by atoms with Crippen LogP contribution in [0.4, 0.5) is 0 Å². The fourth-order valence-corrected chi connectivity index (χ4v) is 1.29. The third-order valence-corrected chi connectivity index (χ3v) is 1.77. The van der Waals surface area contributed by atoms with E-state index in [1.165, 1.54) is 0 Å². The molecule has 11 heavy (non-hydrogen) atoms. The third-order valence-electron chi connectivity index (χ3n) is 1.56. The van der Waals surface area contributed by atoms with E-state index in [4.69, 9.17) is 12.2 Å². The summed E-state index contributed by atoms with van der Waals surface area (Å²) in [5, 5.41) is 0. The standard InChI is InChI=1S/C8H12N2S/c1-5(2)8-6(3)10-7(11)4-9-8/h4-5H,1-3H3,(H,10,11). The van der Waals surface area contributed by atoms with E-state index in [9.17, 15) is 0 Å². The van der Waals surface area contributed by atoms with E-state index in [-0.39, 0.29) is 0 Å². The van der Waals surface area contributed by atoms with Gasteiger partial charge in [0, 0.05) is 5.69 Å². The van der Waals surface area contributed by atoms with Gasteiger partial charge in [0.25, 0.3) is 0 Å². The second kappa shape index (κ2) is 3.13. The van der Waals surface area contributed by atoms with Gasteiger partial charge in [-0.2, -0.15) is 0 Å². The molecule has 1 heterocycles. The molecule has 0 spiro atoms. The fourth-order valence-electron chi connectivity index (χ4n) is 1.09. The molecule has 0 aliphatic heterocycles. The van der Waals surface area contributed by atoms with E-state index >= 15 is 0 Å². The first-order valence-corrected chi connectivity index (χ1v) is 4.08. The van der Waals surface area contributed by atoms with Gasteiger partial charge in [0.2, 0.25) is 0 Å². The molecule has 0 aliphatic carbocycles. The van der Waals surface area contributed by atoms with E-state index in [0.29, 0.717) is 10.6 Å². The zero-order chi connectivity index (χ0) is 8.43. The van der Waals surface area contributed by atoms with Crippen molar-refractivity contribution in [2.45, 2.75) is 26.7 Å². The van der Waals surface area contributed by atoms with Gasteiger partial charge in [-0.15, -0.1) is 0 Å². The van der Waals surface area contributed by atoms with Crippen LogP contribution in [0, 0.1) is 11.6 Å². The average Bonchev–Trinajstić information content (AvgIpc) is 1.85. The summed E-state index contributed by atoms with van der Waals surface area (Å²) < 4.78 is 0.701. The van der Waals surface area contributed by atoms with Gasteiger partial charge >= 0.3 is 0 Å². The number of H-pyrrole nitrogens is 1. The minimum Gasteiger partial charge on any atom is -0.347 e. The Labute approximate surface area is 71.7 Å². The Morgan fingerprint density at radius 1 is 1.55 bits per heavy atom. The van der Waals surface area contributed by atoms with E-state index in [2.05, 4.69) is 23.8 Å². The highest BCUT2D eigenvalue weighted by atomic mass is 32.1. The van der Waals surface area contributed by atoms with Crippen molar-refractivity contribution in [1.82, 2.24) is 9.97 Å². The summed E-state index contributed by atoms with van der Waals surface area (Å²) >= 11 is 4.93. The summed E-state index contributed by atoms with van der Waals surface area (Å²) in [6.45, 7) is 6.23. The van der Waals surface area contributed by atoms with Crippen molar-refractivity contribution in [3.63, 3.8) is 0 Å². The Morgan fingerprint density at radius 3 is 2.64 bits per heavy atom. The van der Waals surface area contributed by atoms with Gasteiger partial charge in [-0.3, -0.25) is 4.98 Å². The molecular formula is C8H12N2S. The highest BCUT2D eigenvalue weighted by molar-refractivity contribution is 7.71. The molecule has 1 aromatic heterocycles. The fraction of sp³-hybridized carbons (Fsp3) is 0.500. The van der Waals surface area contributed by atoms with E-state index in [0.717, 1.165) is 11.4 Å².